The number of sulfone groups is 1. The van der Waals surface area contributed by atoms with Crippen molar-refractivity contribution in [2.45, 2.75) is 11.8 Å². The minimum atomic E-state index is -3.28. The van der Waals surface area contributed by atoms with Crippen LogP contribution in [0.4, 0.5) is 0 Å². The quantitative estimate of drug-likeness (QED) is 0.639. The van der Waals surface area contributed by atoms with Gasteiger partial charge in [-0.15, -0.1) is 0 Å². The zero-order chi connectivity index (χ0) is 8.48. The Morgan fingerprint density at radius 3 is 2.18 bits per heavy atom. The van der Waals surface area contributed by atoms with Crippen LogP contribution in [0.2, 0.25) is 0 Å². The molecular formula is C8H9O2S. The summed E-state index contributed by atoms with van der Waals surface area (Å²) in [4.78, 5) is 0.306. The molecule has 0 aliphatic rings. The Labute approximate surface area is 66.8 Å². The largest absolute Gasteiger partial charge is 0.224 e. The maximum Gasteiger partial charge on any atom is 0.179 e. The second-order valence-corrected chi connectivity index (χ2v) is 4.05. The first-order valence-electron chi connectivity index (χ1n) is 3.15. The van der Waals surface area contributed by atoms with Gasteiger partial charge in [-0.25, -0.2) is 8.42 Å². The molecule has 0 amide bonds. The molecule has 0 saturated heterocycles. The first kappa shape index (κ1) is 8.27. The molecule has 3 heteroatoms. The van der Waals surface area contributed by atoms with Crippen molar-refractivity contribution in [3.05, 3.63) is 36.1 Å². The molecule has 2 nitrogen and oxygen atoms in total. The lowest BCUT2D eigenvalue weighted by Crippen LogP contribution is -1.96. The van der Waals surface area contributed by atoms with Gasteiger partial charge in [-0.3, -0.25) is 0 Å². The molecule has 0 aromatic heterocycles. The van der Waals surface area contributed by atoms with E-state index in [4.69, 9.17) is 0 Å². The summed E-state index contributed by atoms with van der Waals surface area (Å²) in [7, 11) is -3.28. The summed E-state index contributed by atoms with van der Waals surface area (Å²) in [6, 6.07) is 6.78. The van der Waals surface area contributed by atoms with Gasteiger partial charge in [0.1, 0.15) is 0 Å². The van der Waals surface area contributed by atoms with Gasteiger partial charge in [0.05, 0.1) is 11.2 Å². The topological polar surface area (TPSA) is 34.1 Å². The van der Waals surface area contributed by atoms with Gasteiger partial charge in [0.25, 0.3) is 0 Å². The first-order valence-corrected chi connectivity index (χ1v) is 4.81. The predicted octanol–water partition coefficient (Wildman–Crippen LogP) is 1.56. The molecule has 1 radical (unpaired) electrons. The highest BCUT2D eigenvalue weighted by atomic mass is 32.2. The summed E-state index contributed by atoms with van der Waals surface area (Å²) in [6.45, 7) is 1.75. The van der Waals surface area contributed by atoms with E-state index in [1.807, 2.05) is 0 Å². The summed E-state index contributed by atoms with van der Waals surface area (Å²) in [5.41, 5.74) is 0.738. The Kier molecular flexibility index (Phi) is 2.00. The van der Waals surface area contributed by atoms with Gasteiger partial charge < -0.3 is 0 Å². The maximum atomic E-state index is 10.9. The first-order chi connectivity index (χ1) is 5.02. The molecule has 59 valence electrons. The monoisotopic (exact) mass is 169 g/mol. The third-order valence-corrected chi connectivity index (χ3v) is 2.56. The van der Waals surface area contributed by atoms with Crippen LogP contribution in [-0.4, -0.2) is 8.42 Å². The van der Waals surface area contributed by atoms with Crippen LogP contribution in [0.5, 0.6) is 0 Å². The average molecular weight is 169 g/mol. The van der Waals surface area contributed by atoms with E-state index in [0.717, 1.165) is 5.56 Å². The number of aryl methyl sites for hydroxylation is 1. The van der Waals surface area contributed by atoms with Crippen molar-refractivity contribution in [1.82, 2.24) is 0 Å². The Balaban J connectivity index is 3.37. The fourth-order valence-electron chi connectivity index (χ4n) is 0.905. The van der Waals surface area contributed by atoms with Crippen LogP contribution in [0.25, 0.3) is 0 Å². The minimum absolute atomic E-state index is 0.306. The van der Waals surface area contributed by atoms with Crippen LogP contribution in [-0.2, 0) is 9.84 Å². The highest BCUT2D eigenvalue weighted by Gasteiger charge is 2.08. The molecule has 0 spiro atoms. The summed E-state index contributed by atoms with van der Waals surface area (Å²) >= 11 is 0. The minimum Gasteiger partial charge on any atom is -0.224 e. The summed E-state index contributed by atoms with van der Waals surface area (Å²) in [5.74, 6) is 0. The molecule has 1 aromatic carbocycles. The molecule has 0 unspecified atom stereocenters. The lowest BCUT2D eigenvalue weighted by atomic mass is 10.2. The van der Waals surface area contributed by atoms with E-state index in [2.05, 4.69) is 6.26 Å². The predicted molar refractivity (Wildman–Crippen MR) is 43.7 cm³/mol. The Morgan fingerprint density at radius 1 is 1.27 bits per heavy atom. The number of benzene rings is 1. The maximum absolute atomic E-state index is 10.9. The summed E-state index contributed by atoms with van der Waals surface area (Å²) < 4.78 is 21.9. The molecule has 0 atom stereocenters. The number of hydrogen-bond acceptors (Lipinski definition) is 2. The summed E-state index contributed by atoms with van der Waals surface area (Å²) in [5, 5.41) is 0. The van der Waals surface area contributed by atoms with E-state index in [0.29, 0.717) is 4.90 Å². The number of rotatable bonds is 1. The van der Waals surface area contributed by atoms with Crippen molar-refractivity contribution in [3.63, 3.8) is 0 Å². The van der Waals surface area contributed by atoms with Crippen molar-refractivity contribution >= 4 is 9.84 Å². The van der Waals surface area contributed by atoms with E-state index in [1.165, 1.54) is 0 Å². The SMILES string of the molecule is [CH2]S(=O)(=O)c1ccccc1C. The van der Waals surface area contributed by atoms with Gasteiger partial charge in [-0.2, -0.15) is 0 Å². The van der Waals surface area contributed by atoms with Gasteiger partial charge in [0.2, 0.25) is 0 Å². The third kappa shape index (κ3) is 1.80. The number of hydrogen-bond donors (Lipinski definition) is 0. The molecular weight excluding hydrogens is 160 g/mol. The van der Waals surface area contributed by atoms with E-state index in [-0.39, 0.29) is 0 Å². The zero-order valence-corrected chi connectivity index (χ0v) is 7.06. The smallest absolute Gasteiger partial charge is 0.179 e. The fraction of sp³-hybridized carbons (Fsp3) is 0.125. The van der Waals surface area contributed by atoms with E-state index in [1.54, 1.807) is 31.2 Å². The van der Waals surface area contributed by atoms with Crippen molar-refractivity contribution in [1.29, 1.82) is 0 Å². The average Bonchev–Trinajstić information content (AvgIpc) is 1.86. The molecule has 0 aliphatic carbocycles. The standard InChI is InChI=1S/C8H9O2S/c1-7-5-3-4-6-8(7)11(2,9)10/h3-6H,2H2,1H3. The molecule has 1 rings (SSSR count). The highest BCUT2D eigenvalue weighted by Crippen LogP contribution is 2.13. The molecule has 1 aromatic rings. The van der Waals surface area contributed by atoms with Gasteiger partial charge in [-0.1, -0.05) is 18.2 Å². The van der Waals surface area contributed by atoms with Crippen LogP contribution in [0.15, 0.2) is 29.2 Å². The van der Waals surface area contributed by atoms with Crippen LogP contribution >= 0.6 is 0 Å². The van der Waals surface area contributed by atoms with Gasteiger partial charge in [0, 0.05) is 0 Å². The Bertz CT molecular complexity index is 352. The lowest BCUT2D eigenvalue weighted by Gasteiger charge is -2.00. The highest BCUT2D eigenvalue weighted by molar-refractivity contribution is 7.92. The molecule has 0 saturated carbocycles. The Hall–Kier alpha value is -0.830. The van der Waals surface area contributed by atoms with E-state index >= 15 is 0 Å². The molecule has 0 aliphatic heterocycles. The van der Waals surface area contributed by atoms with Crippen molar-refractivity contribution < 1.29 is 8.42 Å². The van der Waals surface area contributed by atoms with Gasteiger partial charge in [0.15, 0.2) is 9.84 Å². The molecule has 0 bridgehead atoms. The van der Waals surface area contributed by atoms with Crippen LogP contribution in [0.3, 0.4) is 0 Å². The van der Waals surface area contributed by atoms with Crippen LogP contribution in [0, 0.1) is 13.2 Å². The zero-order valence-electron chi connectivity index (χ0n) is 6.24. The van der Waals surface area contributed by atoms with Gasteiger partial charge >= 0.3 is 0 Å². The lowest BCUT2D eigenvalue weighted by molar-refractivity contribution is 0.604. The normalized spacial score (nSPS) is 11.5. The van der Waals surface area contributed by atoms with Crippen LogP contribution in [0.1, 0.15) is 5.56 Å². The van der Waals surface area contributed by atoms with E-state index < -0.39 is 9.84 Å². The van der Waals surface area contributed by atoms with Gasteiger partial charge in [-0.05, 0) is 18.6 Å². The molecule has 0 N–H and O–H groups in total. The van der Waals surface area contributed by atoms with Crippen LogP contribution < -0.4 is 0 Å². The third-order valence-electron chi connectivity index (χ3n) is 1.43. The van der Waals surface area contributed by atoms with Crippen molar-refractivity contribution in [3.8, 4) is 0 Å². The van der Waals surface area contributed by atoms with Crippen molar-refractivity contribution in [2.75, 3.05) is 0 Å². The molecule has 0 fully saturated rings. The summed E-state index contributed by atoms with van der Waals surface area (Å²) in [6.07, 6.45) is 3.07. The van der Waals surface area contributed by atoms with E-state index in [9.17, 15) is 8.42 Å². The Morgan fingerprint density at radius 2 is 1.82 bits per heavy atom. The molecule has 0 heterocycles. The van der Waals surface area contributed by atoms with Crippen molar-refractivity contribution in [2.24, 2.45) is 0 Å². The fourth-order valence-corrected chi connectivity index (χ4v) is 1.75. The molecule has 11 heavy (non-hydrogen) atoms. The second-order valence-electron chi connectivity index (χ2n) is 2.38. The second kappa shape index (κ2) is 2.66.